The Bertz CT molecular complexity index is 475. The third-order valence-electron chi connectivity index (χ3n) is 2.98. The van der Waals surface area contributed by atoms with Crippen molar-refractivity contribution < 1.29 is 13.6 Å². The van der Waals surface area contributed by atoms with Gasteiger partial charge in [-0.15, -0.1) is 0 Å². The van der Waals surface area contributed by atoms with Crippen LogP contribution >= 0.6 is 0 Å². The van der Waals surface area contributed by atoms with Crippen LogP contribution in [0.1, 0.15) is 36.2 Å². The van der Waals surface area contributed by atoms with Gasteiger partial charge in [0.25, 0.3) is 5.91 Å². The molecule has 0 aliphatic heterocycles. The summed E-state index contributed by atoms with van der Waals surface area (Å²) in [4.78, 5) is 14.0. The summed E-state index contributed by atoms with van der Waals surface area (Å²) in [6.45, 7) is 6.94. The van der Waals surface area contributed by atoms with Crippen LogP contribution in [0.4, 0.5) is 8.78 Å². The van der Waals surface area contributed by atoms with E-state index in [9.17, 15) is 13.6 Å². The molecular weight excluding hydrogens is 262 g/mol. The van der Waals surface area contributed by atoms with Gasteiger partial charge in [-0.1, -0.05) is 13.8 Å². The van der Waals surface area contributed by atoms with Gasteiger partial charge < -0.3 is 10.6 Å². The molecule has 0 aliphatic rings. The van der Waals surface area contributed by atoms with Gasteiger partial charge in [0, 0.05) is 19.2 Å². The van der Waals surface area contributed by atoms with Gasteiger partial charge in [0.2, 0.25) is 0 Å². The van der Waals surface area contributed by atoms with Gasteiger partial charge in [-0.25, -0.2) is 8.78 Å². The van der Waals surface area contributed by atoms with Gasteiger partial charge in [-0.2, -0.15) is 0 Å². The lowest BCUT2D eigenvalue weighted by Gasteiger charge is -2.25. The summed E-state index contributed by atoms with van der Waals surface area (Å²) in [6.07, 6.45) is 0.653. The first-order valence-electron chi connectivity index (χ1n) is 6.81. The second-order valence-corrected chi connectivity index (χ2v) is 5.37. The lowest BCUT2D eigenvalue weighted by atomic mass is 10.1. The average molecular weight is 284 g/mol. The highest BCUT2D eigenvalue weighted by atomic mass is 19.1. The van der Waals surface area contributed by atoms with Crippen molar-refractivity contribution in [3.8, 4) is 0 Å². The molecule has 0 saturated carbocycles. The number of hydrogen-bond donors (Lipinski definition) is 1. The second kappa shape index (κ2) is 7.33. The Hall–Kier alpha value is -1.49. The van der Waals surface area contributed by atoms with Gasteiger partial charge in [0.15, 0.2) is 0 Å². The Kier molecular flexibility index (Phi) is 6.07. The van der Waals surface area contributed by atoms with Crippen molar-refractivity contribution in [1.29, 1.82) is 0 Å². The molecule has 1 amide bonds. The van der Waals surface area contributed by atoms with Crippen LogP contribution in [0.25, 0.3) is 0 Å². The summed E-state index contributed by atoms with van der Waals surface area (Å²) in [5, 5.41) is 0. The molecule has 0 bridgehead atoms. The number of aryl methyl sites for hydroxylation is 1. The van der Waals surface area contributed by atoms with Crippen molar-refractivity contribution >= 4 is 5.91 Å². The van der Waals surface area contributed by atoms with Crippen LogP contribution in [0.15, 0.2) is 12.1 Å². The van der Waals surface area contributed by atoms with Crippen LogP contribution < -0.4 is 5.73 Å². The number of hydrogen-bond acceptors (Lipinski definition) is 2. The number of nitrogens with zero attached hydrogens (tertiary/aromatic N) is 1. The summed E-state index contributed by atoms with van der Waals surface area (Å²) >= 11 is 0. The van der Waals surface area contributed by atoms with Crippen LogP contribution in [0.3, 0.4) is 0 Å². The van der Waals surface area contributed by atoms with E-state index < -0.39 is 17.5 Å². The van der Waals surface area contributed by atoms with Crippen molar-refractivity contribution in [3.05, 3.63) is 34.9 Å². The number of carbonyl (C=O) groups is 1. The molecule has 0 saturated heterocycles. The maximum atomic E-state index is 13.8. The Labute approximate surface area is 118 Å². The first kappa shape index (κ1) is 16.6. The second-order valence-electron chi connectivity index (χ2n) is 5.37. The van der Waals surface area contributed by atoms with Crippen LogP contribution in [0.5, 0.6) is 0 Å². The smallest absolute Gasteiger partial charge is 0.256 e. The fourth-order valence-electron chi connectivity index (χ4n) is 1.99. The van der Waals surface area contributed by atoms with E-state index in [1.165, 1.54) is 13.0 Å². The zero-order valence-corrected chi connectivity index (χ0v) is 12.2. The molecule has 2 N–H and O–H groups in total. The molecule has 1 rings (SSSR count). The van der Waals surface area contributed by atoms with Gasteiger partial charge in [0.05, 0.1) is 5.56 Å². The normalized spacial score (nSPS) is 10.9. The molecule has 0 aromatic heterocycles. The fraction of sp³-hybridized carbons (Fsp3) is 0.533. The molecule has 20 heavy (non-hydrogen) atoms. The van der Waals surface area contributed by atoms with Crippen molar-refractivity contribution in [2.45, 2.75) is 27.2 Å². The maximum Gasteiger partial charge on any atom is 0.256 e. The summed E-state index contributed by atoms with van der Waals surface area (Å²) in [6, 6.07) is 2.03. The van der Waals surface area contributed by atoms with E-state index in [0.717, 1.165) is 6.07 Å². The van der Waals surface area contributed by atoms with Gasteiger partial charge >= 0.3 is 0 Å². The third kappa shape index (κ3) is 4.27. The molecule has 0 spiro atoms. The quantitative estimate of drug-likeness (QED) is 0.873. The van der Waals surface area contributed by atoms with E-state index in [1.54, 1.807) is 4.90 Å². The SMILES string of the molecule is Cc1cc(C(=O)N(CCCN)CC(C)C)c(F)cc1F. The number of nitrogens with two attached hydrogens (primary N) is 1. The number of carbonyl (C=O) groups excluding carboxylic acids is 1. The molecule has 0 fully saturated rings. The lowest BCUT2D eigenvalue weighted by Crippen LogP contribution is -2.36. The number of rotatable bonds is 6. The van der Waals surface area contributed by atoms with Crippen LogP contribution in [-0.2, 0) is 0 Å². The third-order valence-corrected chi connectivity index (χ3v) is 2.98. The number of benzene rings is 1. The Morgan fingerprint density at radius 3 is 2.50 bits per heavy atom. The van der Waals surface area contributed by atoms with Crippen molar-refractivity contribution in [2.75, 3.05) is 19.6 Å². The van der Waals surface area contributed by atoms with Crippen LogP contribution in [0.2, 0.25) is 0 Å². The van der Waals surface area contributed by atoms with Gasteiger partial charge in [-0.05, 0) is 37.4 Å². The molecule has 1 aromatic carbocycles. The van der Waals surface area contributed by atoms with E-state index in [-0.39, 0.29) is 17.0 Å². The highest BCUT2D eigenvalue weighted by Gasteiger charge is 2.21. The molecular formula is C15H22F2N2O. The topological polar surface area (TPSA) is 46.3 Å². The highest BCUT2D eigenvalue weighted by Crippen LogP contribution is 2.17. The molecule has 0 unspecified atom stereocenters. The molecule has 112 valence electrons. The minimum atomic E-state index is -0.820. The monoisotopic (exact) mass is 284 g/mol. The predicted molar refractivity (Wildman–Crippen MR) is 75.5 cm³/mol. The first-order chi connectivity index (χ1) is 9.36. The molecule has 3 nitrogen and oxygen atoms in total. The zero-order valence-electron chi connectivity index (χ0n) is 12.2. The van der Waals surface area contributed by atoms with Crippen molar-refractivity contribution in [2.24, 2.45) is 11.7 Å². The maximum absolute atomic E-state index is 13.8. The summed E-state index contributed by atoms with van der Waals surface area (Å²) in [5.41, 5.74) is 5.64. The van der Waals surface area contributed by atoms with E-state index in [4.69, 9.17) is 5.73 Å². The number of halogens is 2. The standard InChI is InChI=1S/C15H22F2N2O/c1-10(2)9-19(6-4-5-18)15(20)12-7-11(3)13(16)8-14(12)17/h7-8,10H,4-6,9,18H2,1-3H3. The molecule has 0 atom stereocenters. The van der Waals surface area contributed by atoms with Crippen molar-refractivity contribution in [1.82, 2.24) is 4.90 Å². The molecule has 5 heteroatoms. The van der Waals surface area contributed by atoms with Crippen LogP contribution in [0, 0.1) is 24.5 Å². The molecule has 0 aliphatic carbocycles. The first-order valence-corrected chi connectivity index (χ1v) is 6.81. The average Bonchev–Trinajstić information content (AvgIpc) is 2.37. The summed E-state index contributed by atoms with van der Waals surface area (Å²) in [7, 11) is 0. The van der Waals surface area contributed by atoms with Crippen LogP contribution in [-0.4, -0.2) is 30.4 Å². The number of amides is 1. The highest BCUT2D eigenvalue weighted by molar-refractivity contribution is 5.94. The Morgan fingerprint density at radius 2 is 1.95 bits per heavy atom. The molecule has 0 radical (unpaired) electrons. The summed E-state index contributed by atoms with van der Waals surface area (Å²) < 4.78 is 27.0. The predicted octanol–water partition coefficient (Wildman–Crippen LogP) is 2.72. The minimum absolute atomic E-state index is 0.0819. The van der Waals surface area contributed by atoms with E-state index >= 15 is 0 Å². The van der Waals surface area contributed by atoms with E-state index in [2.05, 4.69) is 0 Å². The van der Waals surface area contributed by atoms with E-state index in [0.29, 0.717) is 26.1 Å². The summed E-state index contributed by atoms with van der Waals surface area (Å²) in [5.74, 6) is -1.61. The minimum Gasteiger partial charge on any atom is -0.338 e. The Morgan fingerprint density at radius 1 is 1.30 bits per heavy atom. The fourth-order valence-corrected chi connectivity index (χ4v) is 1.99. The largest absolute Gasteiger partial charge is 0.338 e. The Balaban J connectivity index is 3.01. The zero-order chi connectivity index (χ0) is 15.3. The van der Waals surface area contributed by atoms with E-state index in [1.807, 2.05) is 13.8 Å². The lowest BCUT2D eigenvalue weighted by molar-refractivity contribution is 0.0730. The van der Waals surface area contributed by atoms with Gasteiger partial charge in [0.1, 0.15) is 11.6 Å². The van der Waals surface area contributed by atoms with Gasteiger partial charge in [-0.3, -0.25) is 4.79 Å². The molecule has 0 heterocycles. The molecule has 1 aromatic rings. The van der Waals surface area contributed by atoms with Crippen molar-refractivity contribution in [3.63, 3.8) is 0 Å².